The molecular formula is C16H14N4O. The van der Waals surface area contributed by atoms with Gasteiger partial charge in [-0.25, -0.2) is 4.98 Å². The zero-order valence-electron chi connectivity index (χ0n) is 11.6. The second kappa shape index (κ2) is 4.41. The maximum Gasteiger partial charge on any atom is 0.231 e. The quantitative estimate of drug-likeness (QED) is 0.783. The summed E-state index contributed by atoms with van der Waals surface area (Å²) in [6.07, 6.45) is 3.99. The first-order chi connectivity index (χ1) is 10.3. The Kier molecular flexibility index (Phi) is 2.54. The number of rotatable bonds is 2. The number of fused-ring (bicyclic) bond motifs is 2. The molecule has 0 saturated carbocycles. The lowest BCUT2D eigenvalue weighted by Crippen LogP contribution is -2.25. The molecule has 0 aliphatic carbocycles. The highest BCUT2D eigenvalue weighted by atomic mass is 16.2. The molecule has 0 radical (unpaired) electrons. The first-order valence-electron chi connectivity index (χ1n) is 6.99. The summed E-state index contributed by atoms with van der Waals surface area (Å²) in [5.41, 5.74) is 4.84. The van der Waals surface area contributed by atoms with E-state index in [1.807, 2.05) is 36.1 Å². The molecule has 0 fully saturated rings. The number of benzene rings is 1. The fourth-order valence-corrected chi connectivity index (χ4v) is 2.86. The average molecular weight is 278 g/mol. The second-order valence-corrected chi connectivity index (χ2v) is 5.14. The van der Waals surface area contributed by atoms with Crippen molar-refractivity contribution < 1.29 is 4.79 Å². The van der Waals surface area contributed by atoms with Gasteiger partial charge >= 0.3 is 0 Å². The summed E-state index contributed by atoms with van der Waals surface area (Å²) in [4.78, 5) is 25.8. The van der Waals surface area contributed by atoms with Gasteiger partial charge in [-0.15, -0.1) is 0 Å². The summed E-state index contributed by atoms with van der Waals surface area (Å²) < 4.78 is 0. The van der Waals surface area contributed by atoms with E-state index in [0.717, 1.165) is 33.7 Å². The maximum absolute atomic E-state index is 11.9. The molecule has 0 spiro atoms. The Morgan fingerprint density at radius 2 is 2.29 bits per heavy atom. The van der Waals surface area contributed by atoms with Crippen molar-refractivity contribution in [2.24, 2.45) is 0 Å². The largest absolute Gasteiger partial charge is 0.338 e. The SMILES string of the molecule is CCN1C(=O)Cc2cc3nc(-c4cccnc4)[nH]c3cc21. The van der Waals surface area contributed by atoms with E-state index in [9.17, 15) is 4.79 Å². The second-order valence-electron chi connectivity index (χ2n) is 5.14. The lowest BCUT2D eigenvalue weighted by atomic mass is 10.1. The third-order valence-electron chi connectivity index (χ3n) is 3.87. The number of carbonyl (C=O) groups is 1. The highest BCUT2D eigenvalue weighted by Crippen LogP contribution is 2.33. The van der Waals surface area contributed by atoms with Crippen molar-refractivity contribution in [3.05, 3.63) is 42.2 Å². The van der Waals surface area contributed by atoms with Crippen LogP contribution in [0.1, 0.15) is 12.5 Å². The zero-order valence-corrected chi connectivity index (χ0v) is 11.6. The third kappa shape index (κ3) is 1.81. The Bertz CT molecular complexity index is 838. The van der Waals surface area contributed by atoms with E-state index in [4.69, 9.17) is 0 Å². The van der Waals surface area contributed by atoms with E-state index in [1.54, 1.807) is 12.4 Å². The lowest BCUT2D eigenvalue weighted by molar-refractivity contribution is -0.117. The Hall–Kier alpha value is -2.69. The molecule has 4 rings (SSSR count). The predicted molar refractivity (Wildman–Crippen MR) is 81.1 cm³/mol. The lowest BCUT2D eigenvalue weighted by Gasteiger charge is -2.14. The molecule has 0 unspecified atom stereocenters. The molecule has 5 nitrogen and oxygen atoms in total. The smallest absolute Gasteiger partial charge is 0.231 e. The first-order valence-corrected chi connectivity index (χ1v) is 6.99. The summed E-state index contributed by atoms with van der Waals surface area (Å²) in [5, 5.41) is 0. The molecule has 2 aromatic heterocycles. The van der Waals surface area contributed by atoms with Crippen LogP contribution < -0.4 is 4.90 Å². The zero-order chi connectivity index (χ0) is 14.4. The van der Waals surface area contributed by atoms with Gasteiger partial charge in [0.1, 0.15) is 5.82 Å². The number of anilines is 1. The summed E-state index contributed by atoms with van der Waals surface area (Å²) in [7, 11) is 0. The number of imidazole rings is 1. The Balaban J connectivity index is 1.86. The molecule has 1 aromatic carbocycles. The van der Waals surface area contributed by atoms with Crippen molar-refractivity contribution in [2.45, 2.75) is 13.3 Å². The number of aromatic amines is 1. The van der Waals surface area contributed by atoms with Crippen LogP contribution in [0.3, 0.4) is 0 Å². The number of nitrogens with zero attached hydrogens (tertiary/aromatic N) is 3. The van der Waals surface area contributed by atoms with Crippen molar-refractivity contribution in [1.29, 1.82) is 0 Å². The van der Waals surface area contributed by atoms with Crippen LogP contribution in [-0.4, -0.2) is 27.4 Å². The molecule has 1 aliphatic rings. The molecule has 104 valence electrons. The minimum absolute atomic E-state index is 0.160. The number of hydrogen-bond acceptors (Lipinski definition) is 3. The van der Waals surface area contributed by atoms with Crippen molar-refractivity contribution in [3.63, 3.8) is 0 Å². The van der Waals surface area contributed by atoms with Crippen LogP contribution in [0.4, 0.5) is 5.69 Å². The van der Waals surface area contributed by atoms with E-state index in [0.29, 0.717) is 13.0 Å². The van der Waals surface area contributed by atoms with Gasteiger partial charge in [-0.05, 0) is 36.8 Å². The van der Waals surface area contributed by atoms with Gasteiger partial charge in [-0.1, -0.05) is 0 Å². The fourth-order valence-electron chi connectivity index (χ4n) is 2.86. The van der Waals surface area contributed by atoms with Crippen molar-refractivity contribution in [1.82, 2.24) is 15.0 Å². The van der Waals surface area contributed by atoms with E-state index in [-0.39, 0.29) is 5.91 Å². The molecule has 3 aromatic rings. The molecule has 0 atom stereocenters. The standard InChI is InChI=1S/C16H14N4O/c1-2-20-14-8-13-12(6-11(14)7-15(20)21)18-16(19-13)10-4-3-5-17-9-10/h3-6,8-9H,2,7H2,1H3,(H,18,19). The molecule has 0 bridgehead atoms. The minimum atomic E-state index is 0.160. The van der Waals surface area contributed by atoms with Gasteiger partial charge in [-0.2, -0.15) is 0 Å². The molecule has 5 heteroatoms. The molecule has 3 heterocycles. The average Bonchev–Trinajstić information content (AvgIpc) is 3.04. The number of pyridine rings is 1. The van der Waals surface area contributed by atoms with E-state index in [2.05, 4.69) is 15.0 Å². The molecule has 1 aliphatic heterocycles. The normalized spacial score (nSPS) is 14.0. The topological polar surface area (TPSA) is 61.9 Å². The number of carbonyl (C=O) groups excluding carboxylic acids is 1. The van der Waals surface area contributed by atoms with Gasteiger partial charge in [0, 0.05) is 30.2 Å². The number of H-pyrrole nitrogens is 1. The number of likely N-dealkylation sites (N-methyl/N-ethyl adjacent to an activating group) is 1. The van der Waals surface area contributed by atoms with Crippen LogP contribution in [-0.2, 0) is 11.2 Å². The van der Waals surface area contributed by atoms with Gasteiger partial charge in [-0.3, -0.25) is 9.78 Å². The van der Waals surface area contributed by atoms with Gasteiger partial charge in [0.2, 0.25) is 5.91 Å². The molecule has 1 N–H and O–H groups in total. The first kappa shape index (κ1) is 12.1. The molecular weight excluding hydrogens is 264 g/mol. The number of aromatic nitrogens is 3. The highest BCUT2D eigenvalue weighted by molar-refractivity contribution is 6.04. The Morgan fingerprint density at radius 3 is 3.05 bits per heavy atom. The number of nitrogens with one attached hydrogen (secondary N) is 1. The monoisotopic (exact) mass is 278 g/mol. The van der Waals surface area contributed by atoms with Gasteiger partial charge in [0.25, 0.3) is 0 Å². The van der Waals surface area contributed by atoms with Crippen LogP contribution in [0.15, 0.2) is 36.7 Å². The van der Waals surface area contributed by atoms with E-state index in [1.165, 1.54) is 0 Å². The van der Waals surface area contributed by atoms with E-state index < -0.39 is 0 Å². The molecule has 0 saturated heterocycles. The summed E-state index contributed by atoms with van der Waals surface area (Å²) in [6, 6.07) is 7.89. The molecule has 21 heavy (non-hydrogen) atoms. The Labute approximate surface area is 121 Å². The van der Waals surface area contributed by atoms with Crippen LogP contribution in [0.2, 0.25) is 0 Å². The Morgan fingerprint density at radius 1 is 1.38 bits per heavy atom. The third-order valence-corrected chi connectivity index (χ3v) is 3.87. The summed E-state index contributed by atoms with van der Waals surface area (Å²) in [6.45, 7) is 2.69. The summed E-state index contributed by atoms with van der Waals surface area (Å²) in [5.74, 6) is 0.962. The summed E-state index contributed by atoms with van der Waals surface area (Å²) >= 11 is 0. The van der Waals surface area contributed by atoms with Crippen LogP contribution in [0, 0.1) is 0 Å². The highest BCUT2D eigenvalue weighted by Gasteiger charge is 2.26. The molecule has 1 amide bonds. The van der Waals surface area contributed by atoms with Crippen molar-refractivity contribution >= 4 is 22.6 Å². The van der Waals surface area contributed by atoms with Gasteiger partial charge in [0.15, 0.2) is 0 Å². The van der Waals surface area contributed by atoms with Gasteiger partial charge < -0.3 is 9.88 Å². The number of amides is 1. The van der Waals surface area contributed by atoms with Crippen LogP contribution >= 0.6 is 0 Å². The van der Waals surface area contributed by atoms with Crippen molar-refractivity contribution in [2.75, 3.05) is 11.4 Å². The minimum Gasteiger partial charge on any atom is -0.338 e. The predicted octanol–water partition coefficient (Wildman–Crippen LogP) is 2.53. The maximum atomic E-state index is 11.9. The number of hydrogen-bond donors (Lipinski definition) is 1. The van der Waals surface area contributed by atoms with Gasteiger partial charge in [0.05, 0.1) is 17.5 Å². The van der Waals surface area contributed by atoms with Crippen molar-refractivity contribution in [3.8, 4) is 11.4 Å². The van der Waals surface area contributed by atoms with Crippen LogP contribution in [0.5, 0.6) is 0 Å². The van der Waals surface area contributed by atoms with Crippen LogP contribution in [0.25, 0.3) is 22.4 Å². The van der Waals surface area contributed by atoms with E-state index >= 15 is 0 Å². The fraction of sp³-hybridized carbons (Fsp3) is 0.188.